The summed E-state index contributed by atoms with van der Waals surface area (Å²) >= 11 is 0. The van der Waals surface area contributed by atoms with Crippen LogP contribution in [0.4, 0.5) is 0 Å². The molecule has 1 atom stereocenters. The lowest BCUT2D eigenvalue weighted by molar-refractivity contribution is -0.146. The van der Waals surface area contributed by atoms with E-state index in [1.165, 1.54) is 7.11 Å². The van der Waals surface area contributed by atoms with E-state index in [1.54, 1.807) is 36.1 Å². The van der Waals surface area contributed by atoms with Crippen LogP contribution in [-0.2, 0) is 14.3 Å². The zero-order valence-electron chi connectivity index (χ0n) is 16.2. The van der Waals surface area contributed by atoms with E-state index in [4.69, 9.17) is 4.74 Å². The Morgan fingerprint density at radius 3 is 2.27 bits per heavy atom. The predicted octanol–water partition coefficient (Wildman–Crippen LogP) is 2.24. The molecule has 0 aromatic heterocycles. The Morgan fingerprint density at radius 1 is 1.04 bits per heavy atom. The van der Waals surface area contributed by atoms with Gasteiger partial charge < -0.3 is 14.5 Å². The number of hydrogen-bond donors (Lipinski definition) is 0. The molecule has 1 rings (SSSR count). The van der Waals surface area contributed by atoms with Crippen molar-refractivity contribution in [3.05, 3.63) is 35.9 Å². The van der Waals surface area contributed by atoms with Crippen LogP contribution in [0, 0.1) is 5.92 Å². The molecule has 0 aliphatic carbocycles. The van der Waals surface area contributed by atoms with Gasteiger partial charge in [-0.2, -0.15) is 0 Å². The fraction of sp³-hybridized carbons (Fsp3) is 0.550. The fourth-order valence-electron chi connectivity index (χ4n) is 2.65. The standard InChI is InChI=1S/C20H30N2O4/c1-16(20(25)26-4)15-22(14-8-13-21(2)3)19(24)12-11-18(23)17-9-6-5-7-10-17/h5-7,9-10,16H,8,11-15H2,1-4H3. The first-order chi connectivity index (χ1) is 12.3. The van der Waals surface area contributed by atoms with Crippen LogP contribution in [0.2, 0.25) is 0 Å². The minimum atomic E-state index is -0.395. The summed E-state index contributed by atoms with van der Waals surface area (Å²) in [7, 11) is 5.29. The van der Waals surface area contributed by atoms with Crippen molar-refractivity contribution >= 4 is 17.7 Å². The van der Waals surface area contributed by atoms with Crippen molar-refractivity contribution in [1.29, 1.82) is 0 Å². The average Bonchev–Trinajstić information content (AvgIpc) is 2.64. The van der Waals surface area contributed by atoms with Gasteiger partial charge in [-0.25, -0.2) is 0 Å². The van der Waals surface area contributed by atoms with Gasteiger partial charge in [-0.15, -0.1) is 0 Å². The topological polar surface area (TPSA) is 66.9 Å². The molecule has 1 unspecified atom stereocenters. The van der Waals surface area contributed by atoms with Crippen LogP contribution in [0.3, 0.4) is 0 Å². The molecule has 0 heterocycles. The molecule has 6 heteroatoms. The zero-order valence-corrected chi connectivity index (χ0v) is 16.2. The molecule has 0 fully saturated rings. The number of Topliss-reactive ketones (excluding diaryl/α,β-unsaturated/α-hetero) is 1. The van der Waals surface area contributed by atoms with Crippen molar-refractivity contribution in [2.24, 2.45) is 5.92 Å². The first kappa shape index (κ1) is 21.8. The van der Waals surface area contributed by atoms with Gasteiger partial charge in [-0.05, 0) is 27.1 Å². The summed E-state index contributed by atoms with van der Waals surface area (Å²) in [6.45, 7) is 3.45. The molecule has 0 aliphatic rings. The highest BCUT2D eigenvalue weighted by Crippen LogP contribution is 2.10. The second kappa shape index (κ2) is 11.4. The lowest BCUT2D eigenvalue weighted by Gasteiger charge is -2.25. The number of carbonyl (C=O) groups excluding carboxylic acids is 3. The molecule has 0 radical (unpaired) electrons. The van der Waals surface area contributed by atoms with E-state index in [-0.39, 0.29) is 30.5 Å². The molecule has 0 N–H and O–H groups in total. The third kappa shape index (κ3) is 7.78. The number of nitrogens with zero attached hydrogens (tertiary/aromatic N) is 2. The molecule has 144 valence electrons. The molecule has 0 bridgehead atoms. The first-order valence-electron chi connectivity index (χ1n) is 8.93. The highest BCUT2D eigenvalue weighted by molar-refractivity contribution is 5.97. The van der Waals surface area contributed by atoms with Gasteiger partial charge in [0, 0.05) is 31.5 Å². The second-order valence-electron chi connectivity index (χ2n) is 6.71. The maximum atomic E-state index is 12.6. The molecule has 1 aromatic carbocycles. The minimum absolute atomic E-state index is 0.0480. The van der Waals surface area contributed by atoms with Gasteiger partial charge in [0.15, 0.2) is 5.78 Å². The van der Waals surface area contributed by atoms with Crippen LogP contribution in [-0.4, -0.2) is 68.3 Å². The van der Waals surface area contributed by atoms with Gasteiger partial charge in [-0.1, -0.05) is 37.3 Å². The number of ketones is 1. The third-order valence-electron chi connectivity index (χ3n) is 4.15. The van der Waals surface area contributed by atoms with E-state index >= 15 is 0 Å². The summed E-state index contributed by atoms with van der Waals surface area (Å²) in [4.78, 5) is 40.2. The Hall–Kier alpha value is -2.21. The van der Waals surface area contributed by atoms with Gasteiger partial charge in [-0.3, -0.25) is 14.4 Å². The predicted molar refractivity (Wildman–Crippen MR) is 101 cm³/mol. The Kier molecular flexibility index (Phi) is 9.58. The number of methoxy groups -OCH3 is 1. The Labute approximate surface area is 156 Å². The fourth-order valence-corrected chi connectivity index (χ4v) is 2.65. The quantitative estimate of drug-likeness (QED) is 0.446. The molecule has 1 aromatic rings. The van der Waals surface area contributed by atoms with E-state index in [9.17, 15) is 14.4 Å². The van der Waals surface area contributed by atoms with Crippen LogP contribution >= 0.6 is 0 Å². The highest BCUT2D eigenvalue weighted by atomic mass is 16.5. The maximum absolute atomic E-state index is 12.6. The SMILES string of the molecule is COC(=O)C(C)CN(CCCN(C)C)C(=O)CCC(=O)c1ccccc1. The van der Waals surface area contributed by atoms with E-state index in [2.05, 4.69) is 0 Å². The highest BCUT2D eigenvalue weighted by Gasteiger charge is 2.22. The smallest absolute Gasteiger partial charge is 0.310 e. The molecular weight excluding hydrogens is 332 g/mol. The number of ether oxygens (including phenoxy) is 1. The summed E-state index contributed by atoms with van der Waals surface area (Å²) in [5.74, 6) is -0.888. The maximum Gasteiger partial charge on any atom is 0.310 e. The monoisotopic (exact) mass is 362 g/mol. The van der Waals surface area contributed by atoms with Crippen LogP contribution in [0.1, 0.15) is 36.5 Å². The number of carbonyl (C=O) groups is 3. The van der Waals surface area contributed by atoms with Crippen molar-refractivity contribution in [3.63, 3.8) is 0 Å². The number of rotatable bonds is 11. The Bertz CT molecular complexity index is 587. The zero-order chi connectivity index (χ0) is 19.5. The number of esters is 1. The van der Waals surface area contributed by atoms with Gasteiger partial charge in [0.25, 0.3) is 0 Å². The molecule has 0 aliphatic heterocycles. The van der Waals surface area contributed by atoms with Crippen molar-refractivity contribution < 1.29 is 19.1 Å². The van der Waals surface area contributed by atoms with Crippen molar-refractivity contribution in [3.8, 4) is 0 Å². The van der Waals surface area contributed by atoms with E-state index in [0.29, 0.717) is 18.7 Å². The number of benzene rings is 1. The largest absolute Gasteiger partial charge is 0.469 e. The Balaban J connectivity index is 2.63. The normalized spacial score (nSPS) is 11.9. The first-order valence-corrected chi connectivity index (χ1v) is 8.93. The van der Waals surface area contributed by atoms with Crippen molar-refractivity contribution in [1.82, 2.24) is 9.80 Å². The van der Waals surface area contributed by atoms with Crippen LogP contribution in [0.5, 0.6) is 0 Å². The molecule has 0 spiro atoms. The van der Waals surface area contributed by atoms with E-state index in [0.717, 1.165) is 13.0 Å². The molecular formula is C20H30N2O4. The van der Waals surface area contributed by atoms with E-state index in [1.807, 2.05) is 25.1 Å². The molecule has 1 amide bonds. The third-order valence-corrected chi connectivity index (χ3v) is 4.15. The van der Waals surface area contributed by atoms with Gasteiger partial charge in [0.2, 0.25) is 5.91 Å². The van der Waals surface area contributed by atoms with Crippen molar-refractivity contribution in [2.45, 2.75) is 26.2 Å². The van der Waals surface area contributed by atoms with Crippen LogP contribution < -0.4 is 0 Å². The van der Waals surface area contributed by atoms with Gasteiger partial charge in [0.05, 0.1) is 13.0 Å². The van der Waals surface area contributed by atoms with Gasteiger partial charge in [0.1, 0.15) is 0 Å². The summed E-state index contributed by atoms with van der Waals surface area (Å²) in [5.41, 5.74) is 0.613. The van der Waals surface area contributed by atoms with Crippen LogP contribution in [0.15, 0.2) is 30.3 Å². The summed E-state index contributed by atoms with van der Waals surface area (Å²) in [5, 5.41) is 0. The van der Waals surface area contributed by atoms with Gasteiger partial charge >= 0.3 is 5.97 Å². The van der Waals surface area contributed by atoms with E-state index < -0.39 is 5.92 Å². The second-order valence-corrected chi connectivity index (χ2v) is 6.71. The number of amides is 1. The summed E-state index contributed by atoms with van der Waals surface area (Å²) < 4.78 is 4.75. The number of hydrogen-bond acceptors (Lipinski definition) is 5. The summed E-state index contributed by atoms with van der Waals surface area (Å²) in [6.07, 6.45) is 1.11. The Morgan fingerprint density at radius 2 is 1.69 bits per heavy atom. The average molecular weight is 362 g/mol. The molecule has 0 saturated heterocycles. The minimum Gasteiger partial charge on any atom is -0.469 e. The van der Waals surface area contributed by atoms with Crippen LogP contribution in [0.25, 0.3) is 0 Å². The molecule has 0 saturated carbocycles. The van der Waals surface area contributed by atoms with Crippen molar-refractivity contribution in [2.75, 3.05) is 40.8 Å². The lowest BCUT2D eigenvalue weighted by Crippen LogP contribution is -2.38. The lowest BCUT2D eigenvalue weighted by atomic mass is 10.1. The molecule has 26 heavy (non-hydrogen) atoms. The summed E-state index contributed by atoms with van der Waals surface area (Å²) in [6, 6.07) is 8.96. The molecule has 6 nitrogen and oxygen atoms in total.